The molecule has 3 nitrogen and oxygen atoms in total. The Balaban J connectivity index is 2.50. The summed E-state index contributed by atoms with van der Waals surface area (Å²) in [5, 5.41) is 0.887. The molecule has 0 amide bonds. The minimum Gasteiger partial charge on any atom is -0.440 e. The van der Waals surface area contributed by atoms with Crippen LogP contribution in [0.1, 0.15) is 36.0 Å². The van der Waals surface area contributed by atoms with Crippen molar-refractivity contribution in [3.63, 3.8) is 0 Å². The van der Waals surface area contributed by atoms with Crippen molar-refractivity contribution in [1.29, 1.82) is 0 Å². The Kier molecular flexibility index (Phi) is 3.73. The lowest BCUT2D eigenvalue weighted by Gasteiger charge is -2.00. The van der Waals surface area contributed by atoms with E-state index in [1.807, 2.05) is 13.8 Å². The molecular formula is C13H11Cl2NO2. The number of rotatable bonds is 3. The molecule has 0 fully saturated rings. The van der Waals surface area contributed by atoms with Crippen LogP contribution < -0.4 is 0 Å². The van der Waals surface area contributed by atoms with Gasteiger partial charge in [-0.25, -0.2) is 4.98 Å². The molecule has 0 unspecified atom stereocenters. The second-order valence-corrected chi connectivity index (χ2v) is 4.98. The third kappa shape index (κ3) is 2.42. The summed E-state index contributed by atoms with van der Waals surface area (Å²) in [4.78, 5) is 15.1. The summed E-state index contributed by atoms with van der Waals surface area (Å²) in [5.74, 6) is 1.04. The van der Waals surface area contributed by atoms with Crippen molar-refractivity contribution in [3.8, 4) is 11.5 Å². The van der Waals surface area contributed by atoms with E-state index in [1.165, 1.54) is 0 Å². The van der Waals surface area contributed by atoms with Gasteiger partial charge in [-0.3, -0.25) is 4.79 Å². The summed E-state index contributed by atoms with van der Waals surface area (Å²) < 4.78 is 5.60. The van der Waals surface area contributed by atoms with E-state index in [9.17, 15) is 4.79 Å². The molecule has 0 saturated carbocycles. The second-order valence-electron chi connectivity index (χ2n) is 4.17. The van der Waals surface area contributed by atoms with Gasteiger partial charge in [0.25, 0.3) is 0 Å². The van der Waals surface area contributed by atoms with Gasteiger partial charge in [0.2, 0.25) is 5.89 Å². The van der Waals surface area contributed by atoms with E-state index in [0.29, 0.717) is 39.2 Å². The highest BCUT2D eigenvalue weighted by Crippen LogP contribution is 2.30. The number of carbonyl (C=O) groups is 1. The van der Waals surface area contributed by atoms with Crippen molar-refractivity contribution < 1.29 is 9.21 Å². The van der Waals surface area contributed by atoms with Gasteiger partial charge in [0.15, 0.2) is 6.29 Å². The predicted molar refractivity (Wildman–Crippen MR) is 71.4 cm³/mol. The summed E-state index contributed by atoms with van der Waals surface area (Å²) >= 11 is 11.8. The molecule has 0 N–H and O–H groups in total. The summed E-state index contributed by atoms with van der Waals surface area (Å²) in [6.07, 6.45) is 0.694. The molecule has 0 spiro atoms. The van der Waals surface area contributed by atoms with Crippen LogP contribution in [0.25, 0.3) is 11.5 Å². The van der Waals surface area contributed by atoms with Gasteiger partial charge in [-0.1, -0.05) is 37.0 Å². The van der Waals surface area contributed by atoms with E-state index in [4.69, 9.17) is 27.6 Å². The number of nitrogens with zero attached hydrogens (tertiary/aromatic N) is 1. The number of benzene rings is 1. The minimum atomic E-state index is 0.0919. The van der Waals surface area contributed by atoms with E-state index < -0.39 is 0 Å². The third-order valence-corrected chi connectivity index (χ3v) is 3.22. The standard InChI is InChI=1S/C13H11Cl2NO2/c1-7(2)12-11(6-17)16-13(18-12)8-3-4-9(14)10(15)5-8/h3-7H,1-2H3. The highest BCUT2D eigenvalue weighted by Gasteiger charge is 2.17. The largest absolute Gasteiger partial charge is 0.440 e. The van der Waals surface area contributed by atoms with E-state index in [-0.39, 0.29) is 5.92 Å². The van der Waals surface area contributed by atoms with Crippen LogP contribution in [0.4, 0.5) is 0 Å². The lowest BCUT2D eigenvalue weighted by Crippen LogP contribution is -1.90. The minimum absolute atomic E-state index is 0.0919. The summed E-state index contributed by atoms with van der Waals surface area (Å²) in [6, 6.07) is 5.08. The van der Waals surface area contributed by atoms with Crippen molar-refractivity contribution in [2.45, 2.75) is 19.8 Å². The van der Waals surface area contributed by atoms with Gasteiger partial charge in [0.1, 0.15) is 11.5 Å². The Bertz CT molecular complexity index is 591. The Hall–Kier alpha value is -1.32. The fraction of sp³-hybridized carbons (Fsp3) is 0.231. The van der Waals surface area contributed by atoms with Crippen LogP contribution in [0.2, 0.25) is 10.0 Å². The molecule has 1 aromatic heterocycles. The van der Waals surface area contributed by atoms with Crippen LogP contribution in [0, 0.1) is 0 Å². The maximum atomic E-state index is 10.9. The Morgan fingerprint density at radius 3 is 2.50 bits per heavy atom. The monoisotopic (exact) mass is 283 g/mol. The zero-order valence-corrected chi connectivity index (χ0v) is 11.4. The van der Waals surface area contributed by atoms with Crippen LogP contribution in [-0.4, -0.2) is 11.3 Å². The molecule has 0 saturated heterocycles. The van der Waals surface area contributed by atoms with E-state index in [2.05, 4.69) is 4.98 Å². The number of hydrogen-bond acceptors (Lipinski definition) is 3. The fourth-order valence-electron chi connectivity index (χ4n) is 1.59. The fourth-order valence-corrected chi connectivity index (χ4v) is 1.89. The molecule has 0 aliphatic carbocycles. The topological polar surface area (TPSA) is 43.1 Å². The SMILES string of the molecule is CC(C)c1oc(-c2ccc(Cl)c(Cl)c2)nc1C=O. The highest BCUT2D eigenvalue weighted by molar-refractivity contribution is 6.42. The quantitative estimate of drug-likeness (QED) is 0.774. The number of aldehydes is 1. The number of oxazole rings is 1. The average molecular weight is 284 g/mol. The molecule has 0 radical (unpaired) electrons. The van der Waals surface area contributed by atoms with Crippen LogP contribution in [0.15, 0.2) is 22.6 Å². The van der Waals surface area contributed by atoms with Gasteiger partial charge in [-0.15, -0.1) is 0 Å². The molecule has 0 atom stereocenters. The summed E-state index contributed by atoms with van der Waals surface area (Å²) in [6.45, 7) is 3.87. The van der Waals surface area contributed by atoms with E-state index >= 15 is 0 Å². The average Bonchev–Trinajstić information content (AvgIpc) is 2.77. The number of halogens is 2. The highest BCUT2D eigenvalue weighted by atomic mass is 35.5. The first-order chi connectivity index (χ1) is 8.52. The van der Waals surface area contributed by atoms with Crippen molar-refractivity contribution in [2.24, 2.45) is 0 Å². The van der Waals surface area contributed by atoms with E-state index in [0.717, 1.165) is 0 Å². The molecule has 2 rings (SSSR count). The van der Waals surface area contributed by atoms with E-state index in [1.54, 1.807) is 18.2 Å². The predicted octanol–water partition coefficient (Wildman–Crippen LogP) is 4.58. The Labute approximate surface area is 115 Å². The molecule has 18 heavy (non-hydrogen) atoms. The van der Waals surface area contributed by atoms with Crippen LogP contribution in [-0.2, 0) is 0 Å². The zero-order chi connectivity index (χ0) is 13.3. The van der Waals surface area contributed by atoms with Crippen LogP contribution in [0.3, 0.4) is 0 Å². The van der Waals surface area contributed by atoms with Crippen molar-refractivity contribution in [3.05, 3.63) is 39.7 Å². The van der Waals surface area contributed by atoms with Crippen molar-refractivity contribution in [2.75, 3.05) is 0 Å². The molecule has 1 heterocycles. The van der Waals surface area contributed by atoms with Gasteiger partial charge in [-0.05, 0) is 18.2 Å². The first kappa shape index (κ1) is 13.1. The molecule has 0 aliphatic rings. The molecule has 2 aromatic rings. The van der Waals surface area contributed by atoms with Gasteiger partial charge in [-0.2, -0.15) is 0 Å². The first-order valence-electron chi connectivity index (χ1n) is 5.44. The molecule has 1 aromatic carbocycles. The Morgan fingerprint density at radius 2 is 2.00 bits per heavy atom. The van der Waals surface area contributed by atoms with Crippen LogP contribution >= 0.6 is 23.2 Å². The van der Waals surface area contributed by atoms with Crippen LogP contribution in [0.5, 0.6) is 0 Å². The molecule has 0 bridgehead atoms. The van der Waals surface area contributed by atoms with Gasteiger partial charge in [0, 0.05) is 11.5 Å². The smallest absolute Gasteiger partial charge is 0.227 e. The number of aromatic nitrogens is 1. The Morgan fingerprint density at radius 1 is 1.28 bits per heavy atom. The van der Waals surface area contributed by atoms with Gasteiger partial charge < -0.3 is 4.42 Å². The molecule has 5 heteroatoms. The number of carbonyl (C=O) groups excluding carboxylic acids is 1. The summed E-state index contributed by atoms with van der Waals surface area (Å²) in [5.41, 5.74) is 1.02. The maximum Gasteiger partial charge on any atom is 0.227 e. The summed E-state index contributed by atoms with van der Waals surface area (Å²) in [7, 11) is 0. The second kappa shape index (κ2) is 5.12. The van der Waals surface area contributed by atoms with Gasteiger partial charge in [0.05, 0.1) is 10.0 Å². The number of hydrogen-bond donors (Lipinski definition) is 0. The maximum absolute atomic E-state index is 10.9. The molecular weight excluding hydrogens is 273 g/mol. The normalized spacial score (nSPS) is 10.9. The zero-order valence-electron chi connectivity index (χ0n) is 9.91. The molecule has 0 aliphatic heterocycles. The molecule has 94 valence electrons. The van der Waals surface area contributed by atoms with Gasteiger partial charge >= 0.3 is 0 Å². The lowest BCUT2D eigenvalue weighted by molar-refractivity contribution is 0.111. The lowest BCUT2D eigenvalue weighted by atomic mass is 10.1. The van der Waals surface area contributed by atoms with Crippen molar-refractivity contribution >= 4 is 29.5 Å². The third-order valence-electron chi connectivity index (χ3n) is 2.48. The first-order valence-corrected chi connectivity index (χ1v) is 6.20. The van der Waals surface area contributed by atoms with Crippen molar-refractivity contribution in [1.82, 2.24) is 4.98 Å².